The molecule has 0 unspecified atom stereocenters. The molecule has 18 heavy (non-hydrogen) atoms. The SMILES string of the molecule is O=C(O)C1(CNc2ncc([N+](=O)[O-])cc2Br)CC1. The Morgan fingerprint density at radius 2 is 2.33 bits per heavy atom. The van der Waals surface area contributed by atoms with Crippen LogP contribution in [0.4, 0.5) is 11.5 Å². The first-order valence-electron chi connectivity index (χ1n) is 5.22. The smallest absolute Gasteiger partial charge is 0.311 e. The van der Waals surface area contributed by atoms with E-state index in [1.807, 2.05) is 0 Å². The molecular weight excluding hydrogens is 306 g/mol. The lowest BCUT2D eigenvalue weighted by molar-refractivity contribution is -0.385. The Hall–Kier alpha value is -1.70. The van der Waals surface area contributed by atoms with Gasteiger partial charge in [0.1, 0.15) is 12.0 Å². The molecule has 1 aromatic rings. The fourth-order valence-electron chi connectivity index (χ4n) is 1.53. The van der Waals surface area contributed by atoms with Crippen molar-refractivity contribution in [1.29, 1.82) is 0 Å². The van der Waals surface area contributed by atoms with E-state index < -0.39 is 16.3 Å². The number of rotatable bonds is 5. The summed E-state index contributed by atoms with van der Waals surface area (Å²) in [5, 5.41) is 22.4. The first kappa shape index (κ1) is 12.7. The molecule has 0 atom stereocenters. The lowest BCUT2D eigenvalue weighted by Gasteiger charge is -2.12. The summed E-state index contributed by atoms with van der Waals surface area (Å²) in [6.45, 7) is 0.270. The lowest BCUT2D eigenvalue weighted by atomic mass is 10.1. The van der Waals surface area contributed by atoms with Crippen molar-refractivity contribution in [2.75, 3.05) is 11.9 Å². The van der Waals surface area contributed by atoms with Crippen LogP contribution >= 0.6 is 15.9 Å². The first-order valence-corrected chi connectivity index (χ1v) is 6.01. The average Bonchev–Trinajstić information content (AvgIpc) is 3.08. The zero-order valence-corrected chi connectivity index (χ0v) is 10.8. The standard InChI is InChI=1S/C10H10BrN3O4/c11-7-3-6(14(17)18)4-12-8(7)13-5-10(1-2-10)9(15)16/h3-4H,1-2,5H2,(H,12,13)(H,15,16). The number of hydrogen-bond acceptors (Lipinski definition) is 5. The number of nitrogens with zero attached hydrogens (tertiary/aromatic N) is 2. The van der Waals surface area contributed by atoms with Crippen LogP contribution in [0.1, 0.15) is 12.8 Å². The molecule has 1 fully saturated rings. The second-order valence-electron chi connectivity index (χ2n) is 4.22. The van der Waals surface area contributed by atoms with Crippen LogP contribution in [0.3, 0.4) is 0 Å². The Morgan fingerprint density at radius 1 is 1.67 bits per heavy atom. The molecule has 2 rings (SSSR count). The maximum Gasteiger partial charge on any atom is 0.311 e. The summed E-state index contributed by atoms with van der Waals surface area (Å²) in [7, 11) is 0. The van der Waals surface area contributed by atoms with E-state index in [1.165, 1.54) is 6.07 Å². The number of nitrogens with one attached hydrogen (secondary N) is 1. The quantitative estimate of drug-likeness (QED) is 0.636. The first-order chi connectivity index (χ1) is 8.44. The van der Waals surface area contributed by atoms with Crippen molar-refractivity contribution in [2.24, 2.45) is 5.41 Å². The van der Waals surface area contributed by atoms with Gasteiger partial charge in [-0.15, -0.1) is 0 Å². The summed E-state index contributed by atoms with van der Waals surface area (Å²) in [6, 6.07) is 1.33. The maximum absolute atomic E-state index is 11.0. The van der Waals surface area contributed by atoms with Crippen LogP contribution in [0.15, 0.2) is 16.7 Å². The molecule has 2 N–H and O–H groups in total. The van der Waals surface area contributed by atoms with Gasteiger partial charge in [0.2, 0.25) is 0 Å². The molecule has 0 amide bonds. The van der Waals surface area contributed by atoms with Gasteiger partial charge in [-0.3, -0.25) is 14.9 Å². The summed E-state index contributed by atoms with van der Waals surface area (Å²) < 4.78 is 0.442. The summed E-state index contributed by atoms with van der Waals surface area (Å²) in [5.74, 6) is -0.416. The highest BCUT2D eigenvalue weighted by Gasteiger charge is 2.50. The van der Waals surface area contributed by atoms with E-state index in [1.54, 1.807) is 0 Å². The minimum Gasteiger partial charge on any atom is -0.481 e. The van der Waals surface area contributed by atoms with Gasteiger partial charge in [-0.2, -0.15) is 0 Å². The third-order valence-corrected chi connectivity index (χ3v) is 3.54. The second-order valence-corrected chi connectivity index (χ2v) is 5.07. The van der Waals surface area contributed by atoms with Crippen LogP contribution in [-0.2, 0) is 4.79 Å². The van der Waals surface area contributed by atoms with Gasteiger partial charge >= 0.3 is 5.97 Å². The van der Waals surface area contributed by atoms with Gasteiger partial charge in [-0.1, -0.05) is 0 Å². The van der Waals surface area contributed by atoms with Crippen LogP contribution in [0, 0.1) is 15.5 Å². The van der Waals surface area contributed by atoms with E-state index in [9.17, 15) is 14.9 Å². The molecule has 8 heteroatoms. The average molecular weight is 316 g/mol. The molecule has 0 aliphatic heterocycles. The van der Waals surface area contributed by atoms with Crippen molar-refractivity contribution in [3.05, 3.63) is 26.9 Å². The van der Waals surface area contributed by atoms with E-state index in [4.69, 9.17) is 5.11 Å². The van der Waals surface area contributed by atoms with E-state index in [2.05, 4.69) is 26.2 Å². The van der Waals surface area contributed by atoms with E-state index >= 15 is 0 Å². The Labute approximate surface area is 110 Å². The van der Waals surface area contributed by atoms with Crippen LogP contribution < -0.4 is 5.32 Å². The van der Waals surface area contributed by atoms with Gasteiger partial charge < -0.3 is 10.4 Å². The van der Waals surface area contributed by atoms with Crippen LogP contribution in [-0.4, -0.2) is 27.5 Å². The number of pyridine rings is 1. The van der Waals surface area contributed by atoms with E-state index in [0.29, 0.717) is 23.1 Å². The Morgan fingerprint density at radius 3 is 2.78 bits per heavy atom. The minimum atomic E-state index is -0.826. The number of carbonyl (C=O) groups is 1. The van der Waals surface area contributed by atoms with Gasteiger partial charge in [-0.05, 0) is 28.8 Å². The molecule has 0 aromatic carbocycles. The molecule has 1 aliphatic rings. The Bertz CT molecular complexity index is 516. The summed E-state index contributed by atoms with van der Waals surface area (Å²) in [5.41, 5.74) is -0.824. The van der Waals surface area contributed by atoms with Gasteiger partial charge in [0, 0.05) is 12.6 Å². The molecular formula is C10H10BrN3O4. The van der Waals surface area contributed by atoms with Crippen molar-refractivity contribution in [2.45, 2.75) is 12.8 Å². The number of aliphatic carboxylic acids is 1. The number of carboxylic acid groups (broad SMARTS) is 1. The highest BCUT2D eigenvalue weighted by molar-refractivity contribution is 9.10. The van der Waals surface area contributed by atoms with E-state index in [-0.39, 0.29) is 12.2 Å². The topological polar surface area (TPSA) is 105 Å². The lowest BCUT2D eigenvalue weighted by Crippen LogP contribution is -2.24. The molecule has 0 saturated heterocycles. The maximum atomic E-state index is 11.0. The van der Waals surface area contributed by atoms with Crippen molar-refractivity contribution in [3.8, 4) is 0 Å². The third-order valence-electron chi connectivity index (χ3n) is 2.94. The van der Waals surface area contributed by atoms with Crippen molar-refractivity contribution in [3.63, 3.8) is 0 Å². The zero-order chi connectivity index (χ0) is 13.3. The highest BCUT2D eigenvalue weighted by atomic mass is 79.9. The van der Waals surface area contributed by atoms with Crippen molar-refractivity contribution < 1.29 is 14.8 Å². The predicted octanol–water partition coefficient (Wildman–Crippen LogP) is 2.03. The molecule has 1 saturated carbocycles. The summed E-state index contributed by atoms with van der Waals surface area (Å²) >= 11 is 3.16. The van der Waals surface area contributed by atoms with Gasteiger partial charge in [0.15, 0.2) is 0 Å². The van der Waals surface area contributed by atoms with Gasteiger partial charge in [0.25, 0.3) is 5.69 Å². The number of hydrogen-bond donors (Lipinski definition) is 2. The van der Waals surface area contributed by atoms with Crippen LogP contribution in [0.25, 0.3) is 0 Å². The molecule has 0 radical (unpaired) electrons. The highest BCUT2D eigenvalue weighted by Crippen LogP contribution is 2.46. The predicted molar refractivity (Wildman–Crippen MR) is 66.4 cm³/mol. The summed E-state index contributed by atoms with van der Waals surface area (Å²) in [6.07, 6.45) is 2.41. The number of aromatic nitrogens is 1. The van der Waals surface area contributed by atoms with Crippen LogP contribution in [0.5, 0.6) is 0 Å². The second kappa shape index (κ2) is 4.52. The Kier molecular flexibility index (Phi) is 3.20. The molecule has 0 bridgehead atoms. The molecule has 7 nitrogen and oxygen atoms in total. The summed E-state index contributed by atoms with van der Waals surface area (Å²) in [4.78, 5) is 24.9. The fraction of sp³-hybridized carbons (Fsp3) is 0.400. The number of anilines is 1. The number of halogens is 1. The normalized spacial score (nSPS) is 16.1. The fourth-order valence-corrected chi connectivity index (χ4v) is 2.00. The largest absolute Gasteiger partial charge is 0.481 e. The molecule has 1 aliphatic carbocycles. The number of carboxylic acids is 1. The minimum absolute atomic E-state index is 0.119. The molecule has 1 aromatic heterocycles. The van der Waals surface area contributed by atoms with Gasteiger partial charge in [-0.25, -0.2) is 4.98 Å². The van der Waals surface area contributed by atoms with Crippen molar-refractivity contribution >= 4 is 33.4 Å². The Balaban J connectivity index is 2.07. The molecule has 96 valence electrons. The zero-order valence-electron chi connectivity index (χ0n) is 9.22. The van der Waals surface area contributed by atoms with Crippen molar-refractivity contribution in [1.82, 2.24) is 4.98 Å². The van der Waals surface area contributed by atoms with E-state index in [0.717, 1.165) is 6.20 Å². The van der Waals surface area contributed by atoms with Crippen LogP contribution in [0.2, 0.25) is 0 Å². The number of nitro groups is 1. The molecule has 0 spiro atoms. The van der Waals surface area contributed by atoms with Gasteiger partial charge in [0.05, 0.1) is 14.8 Å². The third kappa shape index (κ3) is 2.42. The molecule has 1 heterocycles. The monoisotopic (exact) mass is 315 g/mol.